The van der Waals surface area contributed by atoms with Crippen LogP contribution in [0.5, 0.6) is 0 Å². The summed E-state index contributed by atoms with van der Waals surface area (Å²) >= 11 is 1.57. The summed E-state index contributed by atoms with van der Waals surface area (Å²) in [6.45, 7) is 4.23. The van der Waals surface area contributed by atoms with Crippen LogP contribution in [0.4, 0.5) is 0 Å². The molecule has 0 aliphatic rings. The van der Waals surface area contributed by atoms with Crippen LogP contribution in [0.15, 0.2) is 5.51 Å². The molecule has 1 heterocycles. The lowest BCUT2D eigenvalue weighted by Gasteiger charge is -2.12. The van der Waals surface area contributed by atoms with E-state index in [1.807, 2.05) is 0 Å². The van der Waals surface area contributed by atoms with Crippen molar-refractivity contribution in [1.82, 2.24) is 10.2 Å². The summed E-state index contributed by atoms with van der Waals surface area (Å²) in [7, 11) is 0. The third kappa shape index (κ3) is 2.55. The van der Waals surface area contributed by atoms with Gasteiger partial charge in [0.25, 0.3) is 0 Å². The lowest BCUT2D eigenvalue weighted by atomic mass is 10.0. The Morgan fingerprint density at radius 2 is 2.36 bits per heavy atom. The van der Waals surface area contributed by atoms with Crippen LogP contribution in [0, 0.1) is 5.92 Å². The van der Waals surface area contributed by atoms with Gasteiger partial charge in [0.15, 0.2) is 0 Å². The van der Waals surface area contributed by atoms with Crippen molar-refractivity contribution in [1.29, 1.82) is 0 Å². The molecule has 62 valence electrons. The highest BCUT2D eigenvalue weighted by molar-refractivity contribution is 7.09. The second-order valence-electron chi connectivity index (χ2n) is 2.94. The Kier molecular flexibility index (Phi) is 2.96. The average molecular weight is 171 g/mol. The molecule has 0 aliphatic heterocycles. The smallest absolute Gasteiger partial charge is 0.118 e. The summed E-state index contributed by atoms with van der Waals surface area (Å²) in [6.07, 6.45) is 0.850. The van der Waals surface area contributed by atoms with Gasteiger partial charge in [-0.3, -0.25) is 0 Å². The van der Waals surface area contributed by atoms with Crippen molar-refractivity contribution in [3.05, 3.63) is 10.5 Å². The molecular formula is C7H13N3S. The van der Waals surface area contributed by atoms with Crippen molar-refractivity contribution in [2.45, 2.75) is 26.3 Å². The van der Waals surface area contributed by atoms with Gasteiger partial charge in [-0.1, -0.05) is 13.8 Å². The molecule has 0 fully saturated rings. The minimum atomic E-state index is 0.211. The maximum atomic E-state index is 5.85. The maximum absolute atomic E-state index is 5.85. The van der Waals surface area contributed by atoms with Crippen LogP contribution in [0.2, 0.25) is 0 Å². The van der Waals surface area contributed by atoms with Crippen LogP contribution < -0.4 is 5.73 Å². The fraction of sp³-hybridized carbons (Fsp3) is 0.714. The second kappa shape index (κ2) is 3.78. The van der Waals surface area contributed by atoms with Gasteiger partial charge in [0.2, 0.25) is 0 Å². The predicted molar refractivity (Wildman–Crippen MR) is 46.4 cm³/mol. The lowest BCUT2D eigenvalue weighted by molar-refractivity contribution is 0.488. The van der Waals surface area contributed by atoms with E-state index in [4.69, 9.17) is 5.73 Å². The van der Waals surface area contributed by atoms with Crippen LogP contribution in [0.1, 0.15) is 18.9 Å². The van der Waals surface area contributed by atoms with Gasteiger partial charge in [-0.25, -0.2) is 0 Å². The second-order valence-corrected chi connectivity index (χ2v) is 3.86. The van der Waals surface area contributed by atoms with Gasteiger partial charge in [-0.05, 0) is 5.92 Å². The van der Waals surface area contributed by atoms with Gasteiger partial charge < -0.3 is 5.73 Å². The van der Waals surface area contributed by atoms with E-state index in [0.717, 1.165) is 11.4 Å². The summed E-state index contributed by atoms with van der Waals surface area (Å²) < 4.78 is 0. The van der Waals surface area contributed by atoms with Crippen LogP contribution in [0.25, 0.3) is 0 Å². The highest BCUT2D eigenvalue weighted by Gasteiger charge is 2.09. The predicted octanol–water partition coefficient (Wildman–Crippen LogP) is 1.06. The fourth-order valence-corrected chi connectivity index (χ4v) is 1.32. The third-order valence-electron chi connectivity index (χ3n) is 1.67. The van der Waals surface area contributed by atoms with Crippen LogP contribution in [-0.2, 0) is 6.42 Å². The molecule has 0 saturated carbocycles. The molecule has 1 atom stereocenters. The molecule has 1 aromatic rings. The van der Waals surface area contributed by atoms with Crippen molar-refractivity contribution in [2.75, 3.05) is 0 Å². The van der Waals surface area contributed by atoms with Gasteiger partial charge in [0, 0.05) is 12.5 Å². The summed E-state index contributed by atoms with van der Waals surface area (Å²) in [5, 5.41) is 8.71. The Balaban J connectivity index is 2.43. The molecule has 0 aliphatic carbocycles. The molecule has 2 N–H and O–H groups in total. The molecule has 11 heavy (non-hydrogen) atoms. The molecule has 1 aromatic heterocycles. The number of aromatic nitrogens is 2. The number of rotatable bonds is 3. The first-order valence-corrected chi connectivity index (χ1v) is 4.58. The molecule has 0 bridgehead atoms. The van der Waals surface area contributed by atoms with E-state index < -0.39 is 0 Å². The molecule has 1 rings (SSSR count). The zero-order valence-electron chi connectivity index (χ0n) is 6.82. The number of nitrogens with two attached hydrogens (primary N) is 1. The van der Waals surface area contributed by atoms with Crippen molar-refractivity contribution in [3.63, 3.8) is 0 Å². The standard InChI is InChI=1S/C7H13N3S/c1-5(2)6(8)3-7-10-9-4-11-7/h4-6H,3,8H2,1-2H3. The monoisotopic (exact) mass is 171 g/mol. The highest BCUT2D eigenvalue weighted by atomic mass is 32.1. The van der Waals surface area contributed by atoms with Crippen molar-refractivity contribution < 1.29 is 0 Å². The zero-order chi connectivity index (χ0) is 8.27. The van der Waals surface area contributed by atoms with Gasteiger partial charge in [0.05, 0.1) is 0 Å². The summed E-state index contributed by atoms with van der Waals surface area (Å²) in [5.74, 6) is 0.513. The Hall–Kier alpha value is -0.480. The van der Waals surface area contributed by atoms with E-state index in [9.17, 15) is 0 Å². The molecule has 0 amide bonds. The van der Waals surface area contributed by atoms with E-state index in [-0.39, 0.29) is 6.04 Å². The van der Waals surface area contributed by atoms with E-state index in [1.165, 1.54) is 0 Å². The first kappa shape index (κ1) is 8.62. The topological polar surface area (TPSA) is 51.8 Å². The molecule has 1 unspecified atom stereocenters. The molecule has 0 radical (unpaired) electrons. The average Bonchev–Trinajstić information content (AvgIpc) is 2.39. The minimum absolute atomic E-state index is 0.211. The molecule has 0 aromatic carbocycles. The number of hydrogen-bond acceptors (Lipinski definition) is 4. The molecular weight excluding hydrogens is 158 g/mol. The number of hydrogen-bond donors (Lipinski definition) is 1. The number of nitrogens with zero attached hydrogens (tertiary/aromatic N) is 2. The van der Waals surface area contributed by atoms with Crippen molar-refractivity contribution in [3.8, 4) is 0 Å². The Morgan fingerprint density at radius 1 is 1.64 bits per heavy atom. The minimum Gasteiger partial charge on any atom is -0.327 e. The largest absolute Gasteiger partial charge is 0.327 e. The molecule has 0 spiro atoms. The highest BCUT2D eigenvalue weighted by Crippen LogP contribution is 2.08. The zero-order valence-corrected chi connectivity index (χ0v) is 7.64. The van der Waals surface area contributed by atoms with E-state index in [2.05, 4.69) is 24.0 Å². The van der Waals surface area contributed by atoms with Crippen LogP contribution >= 0.6 is 11.3 Å². The third-order valence-corrected chi connectivity index (χ3v) is 2.39. The normalized spacial score (nSPS) is 13.8. The van der Waals surface area contributed by atoms with Gasteiger partial charge in [0.1, 0.15) is 10.5 Å². The molecule has 0 saturated heterocycles. The van der Waals surface area contributed by atoms with E-state index in [1.54, 1.807) is 16.8 Å². The van der Waals surface area contributed by atoms with Gasteiger partial charge in [-0.15, -0.1) is 21.5 Å². The lowest BCUT2D eigenvalue weighted by Crippen LogP contribution is -2.28. The molecule has 3 nitrogen and oxygen atoms in total. The summed E-state index contributed by atoms with van der Waals surface area (Å²) in [6, 6.07) is 0.211. The Labute approximate surface area is 70.6 Å². The van der Waals surface area contributed by atoms with Gasteiger partial charge in [-0.2, -0.15) is 0 Å². The maximum Gasteiger partial charge on any atom is 0.118 e. The van der Waals surface area contributed by atoms with Gasteiger partial charge >= 0.3 is 0 Å². The van der Waals surface area contributed by atoms with E-state index >= 15 is 0 Å². The first-order valence-electron chi connectivity index (χ1n) is 3.70. The summed E-state index contributed by atoms with van der Waals surface area (Å²) in [5.41, 5.74) is 7.59. The quantitative estimate of drug-likeness (QED) is 0.740. The van der Waals surface area contributed by atoms with Crippen molar-refractivity contribution in [2.24, 2.45) is 11.7 Å². The SMILES string of the molecule is CC(C)C(N)Cc1nncs1. The van der Waals surface area contributed by atoms with E-state index in [0.29, 0.717) is 5.92 Å². The van der Waals surface area contributed by atoms with Crippen molar-refractivity contribution >= 4 is 11.3 Å². The first-order chi connectivity index (χ1) is 5.20. The Morgan fingerprint density at radius 3 is 2.82 bits per heavy atom. The van der Waals surface area contributed by atoms with Crippen LogP contribution in [0.3, 0.4) is 0 Å². The fourth-order valence-electron chi connectivity index (χ4n) is 0.722. The Bertz CT molecular complexity index is 195. The molecule has 4 heteroatoms. The summed E-state index contributed by atoms with van der Waals surface area (Å²) in [4.78, 5) is 0. The van der Waals surface area contributed by atoms with Crippen LogP contribution in [-0.4, -0.2) is 16.2 Å².